The number of nitrogens with one attached hydrogen (secondary N) is 1. The van der Waals surface area contributed by atoms with Gasteiger partial charge in [-0.2, -0.15) is 0 Å². The van der Waals surface area contributed by atoms with E-state index in [1.165, 1.54) is 30.6 Å². The molecule has 0 saturated carbocycles. The van der Waals surface area contributed by atoms with E-state index in [0.717, 1.165) is 17.7 Å². The van der Waals surface area contributed by atoms with Crippen molar-refractivity contribution < 1.29 is 28.6 Å². The minimum Gasteiger partial charge on any atom is -0.465 e. The summed E-state index contributed by atoms with van der Waals surface area (Å²) in [5, 5.41) is 2.69. The van der Waals surface area contributed by atoms with Crippen LogP contribution in [-0.2, 0) is 15.9 Å². The van der Waals surface area contributed by atoms with E-state index in [1.807, 2.05) is 13.0 Å². The molecule has 1 N–H and O–H groups in total. The Kier molecular flexibility index (Phi) is 8.01. The second-order valence-electron chi connectivity index (χ2n) is 5.84. The molecular formula is C20H23NO6S. The van der Waals surface area contributed by atoms with E-state index in [0.29, 0.717) is 11.3 Å². The van der Waals surface area contributed by atoms with E-state index in [1.54, 1.807) is 12.1 Å². The molecule has 0 bridgehead atoms. The summed E-state index contributed by atoms with van der Waals surface area (Å²) in [6, 6.07) is 8.18. The minimum absolute atomic E-state index is 0.00611. The molecular weight excluding hydrogens is 382 g/mol. The number of benzene rings is 1. The number of anilines is 1. The van der Waals surface area contributed by atoms with Crippen LogP contribution in [0, 0.1) is 0 Å². The Morgan fingerprint density at radius 2 is 1.86 bits per heavy atom. The number of carbonyl (C=O) groups is 3. The second kappa shape index (κ2) is 10.5. The Bertz CT molecular complexity index is 845. The van der Waals surface area contributed by atoms with E-state index in [-0.39, 0.29) is 29.5 Å². The molecule has 0 unspecified atom stereocenters. The van der Waals surface area contributed by atoms with Crippen LogP contribution >= 0.6 is 11.3 Å². The predicted molar refractivity (Wildman–Crippen MR) is 106 cm³/mol. The van der Waals surface area contributed by atoms with Crippen LogP contribution in [0.3, 0.4) is 0 Å². The minimum atomic E-state index is -0.963. The Morgan fingerprint density at radius 3 is 2.54 bits per heavy atom. The summed E-state index contributed by atoms with van der Waals surface area (Å²) in [7, 11) is 1.22. The number of methoxy groups -OCH3 is 1. The van der Waals surface area contributed by atoms with Gasteiger partial charge in [-0.1, -0.05) is 26.3 Å². The monoisotopic (exact) mass is 405 g/mol. The number of carbonyl (C=O) groups excluding carboxylic acids is 3. The van der Waals surface area contributed by atoms with Gasteiger partial charge in [0.2, 0.25) is 0 Å². The fraction of sp³-hybridized carbons (Fsp3) is 0.350. The van der Waals surface area contributed by atoms with E-state index < -0.39 is 12.1 Å². The van der Waals surface area contributed by atoms with Gasteiger partial charge in [0.25, 0.3) is 5.91 Å². The van der Waals surface area contributed by atoms with Crippen molar-refractivity contribution >= 4 is 35.1 Å². The molecule has 150 valence electrons. The molecule has 28 heavy (non-hydrogen) atoms. The number of esters is 1. The van der Waals surface area contributed by atoms with Gasteiger partial charge in [0.15, 0.2) is 5.75 Å². The van der Waals surface area contributed by atoms with E-state index in [9.17, 15) is 14.4 Å². The zero-order valence-electron chi connectivity index (χ0n) is 16.1. The number of rotatable bonds is 8. The quantitative estimate of drug-likeness (QED) is 0.507. The molecule has 0 aliphatic heterocycles. The first-order chi connectivity index (χ1) is 13.5. The van der Waals surface area contributed by atoms with Crippen molar-refractivity contribution in [1.82, 2.24) is 0 Å². The number of hydrogen-bond acceptors (Lipinski definition) is 7. The van der Waals surface area contributed by atoms with Crippen molar-refractivity contribution in [3.63, 3.8) is 0 Å². The first-order valence-corrected chi connectivity index (χ1v) is 9.77. The number of thiophene rings is 1. The summed E-state index contributed by atoms with van der Waals surface area (Å²) in [4.78, 5) is 38.2. The summed E-state index contributed by atoms with van der Waals surface area (Å²) in [6.45, 7) is 4.09. The second-order valence-corrected chi connectivity index (χ2v) is 7.01. The van der Waals surface area contributed by atoms with Gasteiger partial charge in [-0.25, -0.2) is 9.59 Å². The fourth-order valence-electron chi connectivity index (χ4n) is 2.38. The van der Waals surface area contributed by atoms with Gasteiger partial charge >= 0.3 is 12.1 Å². The molecule has 7 nitrogen and oxygen atoms in total. The third kappa shape index (κ3) is 5.56. The molecule has 0 spiro atoms. The molecule has 8 heteroatoms. The number of ether oxygens (including phenoxy) is 3. The van der Waals surface area contributed by atoms with Crippen molar-refractivity contribution in [3.05, 3.63) is 45.6 Å². The number of amides is 1. The van der Waals surface area contributed by atoms with Crippen LogP contribution in [0.1, 0.15) is 51.6 Å². The van der Waals surface area contributed by atoms with Crippen molar-refractivity contribution in [2.75, 3.05) is 19.0 Å². The highest BCUT2D eigenvalue weighted by molar-refractivity contribution is 7.14. The molecule has 0 atom stereocenters. The third-order valence-corrected chi connectivity index (χ3v) is 4.80. The molecule has 1 amide bonds. The van der Waals surface area contributed by atoms with Gasteiger partial charge in [-0.05, 0) is 37.1 Å². The van der Waals surface area contributed by atoms with Gasteiger partial charge in [0.05, 0.1) is 24.3 Å². The standard InChI is InChI=1S/C20H23NO6S/c1-4-7-13-10-11-16(28-13)18(22)21-15-9-6-8-14(19(23)25-3)17(15)27-20(24)26-12-5-2/h6,8-11H,4-5,7,12H2,1-3H3,(H,21,22). The molecule has 0 saturated heterocycles. The normalized spacial score (nSPS) is 10.2. The Hall–Kier alpha value is -2.87. The van der Waals surface area contributed by atoms with Crippen molar-refractivity contribution in [2.45, 2.75) is 33.1 Å². The molecule has 1 aromatic heterocycles. The first kappa shape index (κ1) is 21.4. The van der Waals surface area contributed by atoms with Crippen LogP contribution in [0.5, 0.6) is 5.75 Å². The van der Waals surface area contributed by atoms with Gasteiger partial charge in [0.1, 0.15) is 5.56 Å². The summed E-state index contributed by atoms with van der Waals surface area (Å²) >= 11 is 1.39. The zero-order valence-corrected chi connectivity index (χ0v) is 16.9. The molecule has 0 aliphatic carbocycles. The number of para-hydroxylation sites is 1. The number of hydrogen-bond donors (Lipinski definition) is 1. The zero-order chi connectivity index (χ0) is 20.5. The van der Waals surface area contributed by atoms with Crippen LogP contribution < -0.4 is 10.1 Å². The van der Waals surface area contributed by atoms with Gasteiger partial charge in [-0.3, -0.25) is 4.79 Å². The summed E-state index contributed by atoms with van der Waals surface area (Å²) in [6.07, 6.45) is 1.54. The van der Waals surface area contributed by atoms with Gasteiger partial charge < -0.3 is 19.5 Å². The molecule has 2 aromatic rings. The lowest BCUT2D eigenvalue weighted by Gasteiger charge is -2.14. The Labute approximate surface area is 167 Å². The highest BCUT2D eigenvalue weighted by atomic mass is 32.1. The van der Waals surface area contributed by atoms with Crippen LogP contribution in [0.25, 0.3) is 0 Å². The maximum Gasteiger partial charge on any atom is 0.513 e. The van der Waals surface area contributed by atoms with Gasteiger partial charge in [0, 0.05) is 4.88 Å². The van der Waals surface area contributed by atoms with Crippen molar-refractivity contribution in [3.8, 4) is 5.75 Å². The van der Waals surface area contributed by atoms with Crippen LogP contribution in [0.4, 0.5) is 10.5 Å². The maximum atomic E-state index is 12.6. The summed E-state index contributed by atoms with van der Waals surface area (Å²) < 4.78 is 14.9. The molecule has 0 radical (unpaired) electrons. The smallest absolute Gasteiger partial charge is 0.465 e. The lowest BCUT2D eigenvalue weighted by atomic mass is 10.1. The molecule has 1 heterocycles. The average molecular weight is 405 g/mol. The SMILES string of the molecule is CCCOC(=O)Oc1c(NC(=O)c2ccc(CCC)s2)cccc1C(=O)OC. The molecule has 2 rings (SSSR count). The van der Waals surface area contributed by atoms with Crippen LogP contribution in [0.2, 0.25) is 0 Å². The lowest BCUT2D eigenvalue weighted by Crippen LogP contribution is -2.17. The van der Waals surface area contributed by atoms with E-state index in [4.69, 9.17) is 14.2 Å². The topological polar surface area (TPSA) is 90.9 Å². The van der Waals surface area contributed by atoms with Crippen molar-refractivity contribution in [1.29, 1.82) is 0 Å². The maximum absolute atomic E-state index is 12.6. The third-order valence-electron chi connectivity index (χ3n) is 3.66. The summed E-state index contributed by atoms with van der Waals surface area (Å²) in [5.41, 5.74) is 0.179. The van der Waals surface area contributed by atoms with Crippen LogP contribution in [0.15, 0.2) is 30.3 Å². The Balaban J connectivity index is 2.29. The van der Waals surface area contributed by atoms with Crippen molar-refractivity contribution in [2.24, 2.45) is 0 Å². The fourth-order valence-corrected chi connectivity index (χ4v) is 3.38. The summed E-state index contributed by atoms with van der Waals surface area (Å²) in [5.74, 6) is -1.17. The highest BCUT2D eigenvalue weighted by Gasteiger charge is 2.22. The largest absolute Gasteiger partial charge is 0.513 e. The van der Waals surface area contributed by atoms with Crippen LogP contribution in [-0.4, -0.2) is 31.7 Å². The number of aryl methyl sites for hydroxylation is 1. The van der Waals surface area contributed by atoms with E-state index >= 15 is 0 Å². The molecule has 0 aliphatic rings. The van der Waals surface area contributed by atoms with E-state index in [2.05, 4.69) is 12.2 Å². The van der Waals surface area contributed by atoms with Gasteiger partial charge in [-0.15, -0.1) is 11.3 Å². The highest BCUT2D eigenvalue weighted by Crippen LogP contribution is 2.31. The first-order valence-electron chi connectivity index (χ1n) is 8.96. The molecule has 0 fully saturated rings. The predicted octanol–water partition coefficient (Wildman–Crippen LogP) is 4.66. The average Bonchev–Trinajstić information content (AvgIpc) is 3.16. The lowest BCUT2D eigenvalue weighted by molar-refractivity contribution is 0.0594. The Morgan fingerprint density at radius 1 is 1.07 bits per heavy atom. The molecule has 1 aromatic carbocycles.